The molecule has 1 aliphatic heterocycles. The number of carbonyl (C=O) groups is 1. The second-order valence-corrected chi connectivity index (χ2v) is 7.66. The van der Waals surface area contributed by atoms with Gasteiger partial charge in [-0.15, -0.1) is 0 Å². The molecule has 2 aromatic heterocycles. The molecule has 2 aromatic carbocycles. The van der Waals surface area contributed by atoms with E-state index < -0.39 is 0 Å². The van der Waals surface area contributed by atoms with Crippen LogP contribution in [0.5, 0.6) is 0 Å². The lowest BCUT2D eigenvalue weighted by atomic mass is 9.96. The Hall–Kier alpha value is -2.57. The van der Waals surface area contributed by atoms with Crippen molar-refractivity contribution in [2.75, 3.05) is 13.1 Å². The zero-order chi connectivity index (χ0) is 17.7. The van der Waals surface area contributed by atoms with Crippen LogP contribution in [0.25, 0.3) is 26.4 Å². The number of nitrogens with zero attached hydrogens (tertiary/aromatic N) is 2. The van der Waals surface area contributed by atoms with Gasteiger partial charge in [-0.25, -0.2) is 9.37 Å². The van der Waals surface area contributed by atoms with Crippen molar-refractivity contribution in [3.05, 3.63) is 59.5 Å². The zero-order valence-electron chi connectivity index (χ0n) is 13.9. The minimum Gasteiger partial charge on any atom is -0.316 e. The molecule has 1 fully saturated rings. The number of thiazole rings is 1. The summed E-state index contributed by atoms with van der Waals surface area (Å²) in [6.07, 6.45) is 3.75. The van der Waals surface area contributed by atoms with Crippen molar-refractivity contribution in [1.82, 2.24) is 14.7 Å². The van der Waals surface area contributed by atoms with Gasteiger partial charge in [-0.3, -0.25) is 9.20 Å². The fourth-order valence-corrected chi connectivity index (χ4v) is 4.71. The van der Waals surface area contributed by atoms with Crippen LogP contribution in [-0.4, -0.2) is 28.8 Å². The maximum Gasteiger partial charge on any atom is 0.195 e. The Morgan fingerprint density at radius 2 is 2.19 bits per heavy atom. The summed E-state index contributed by atoms with van der Waals surface area (Å²) in [5.74, 6) is 0.160. The summed E-state index contributed by atoms with van der Waals surface area (Å²) in [7, 11) is 0. The number of carbonyl (C=O) groups excluding carboxylic acids is 1. The van der Waals surface area contributed by atoms with Crippen LogP contribution >= 0.6 is 11.3 Å². The third kappa shape index (κ3) is 2.45. The number of imidazole rings is 1. The Balaban J connectivity index is 1.57. The highest BCUT2D eigenvalue weighted by molar-refractivity contribution is 7.23. The van der Waals surface area contributed by atoms with Crippen LogP contribution in [0.4, 0.5) is 4.39 Å². The molecule has 0 spiro atoms. The first-order chi connectivity index (χ1) is 12.7. The topological polar surface area (TPSA) is 46.4 Å². The van der Waals surface area contributed by atoms with E-state index in [1.807, 2.05) is 34.9 Å². The van der Waals surface area contributed by atoms with Crippen LogP contribution in [0.2, 0.25) is 0 Å². The van der Waals surface area contributed by atoms with Crippen molar-refractivity contribution in [3.63, 3.8) is 0 Å². The minimum absolute atomic E-state index is 0.229. The average molecular weight is 365 g/mol. The quantitative estimate of drug-likeness (QED) is 0.552. The van der Waals surface area contributed by atoms with E-state index in [0.717, 1.165) is 46.5 Å². The summed E-state index contributed by atoms with van der Waals surface area (Å²) >= 11 is 1.50. The fourth-order valence-electron chi connectivity index (χ4n) is 3.65. The van der Waals surface area contributed by atoms with E-state index in [2.05, 4.69) is 10.3 Å². The van der Waals surface area contributed by atoms with Crippen molar-refractivity contribution in [3.8, 4) is 11.3 Å². The predicted octanol–water partition coefficient (Wildman–Crippen LogP) is 4.24. The summed E-state index contributed by atoms with van der Waals surface area (Å²) in [6, 6.07) is 11.0. The highest BCUT2D eigenvalue weighted by Crippen LogP contribution is 2.32. The number of halogens is 1. The van der Waals surface area contributed by atoms with Gasteiger partial charge in [0, 0.05) is 23.9 Å². The summed E-state index contributed by atoms with van der Waals surface area (Å²) < 4.78 is 17.7. The van der Waals surface area contributed by atoms with Gasteiger partial charge in [-0.2, -0.15) is 0 Å². The molecule has 1 atom stereocenters. The molecule has 0 amide bonds. The van der Waals surface area contributed by atoms with Crippen molar-refractivity contribution in [2.45, 2.75) is 12.3 Å². The van der Waals surface area contributed by atoms with Crippen LogP contribution in [0.15, 0.2) is 42.6 Å². The van der Waals surface area contributed by atoms with E-state index in [1.165, 1.54) is 11.3 Å². The highest BCUT2D eigenvalue weighted by atomic mass is 32.1. The Bertz CT molecular complexity index is 1140. The Kier molecular flexibility index (Phi) is 3.62. The summed E-state index contributed by atoms with van der Waals surface area (Å²) in [5, 5.41) is 3.32. The lowest BCUT2D eigenvalue weighted by Gasteiger charge is -2.10. The third-order valence-electron chi connectivity index (χ3n) is 5.06. The van der Waals surface area contributed by atoms with Crippen LogP contribution in [0.3, 0.4) is 0 Å². The third-order valence-corrected chi connectivity index (χ3v) is 6.07. The number of hydrogen-bond donors (Lipinski definition) is 1. The molecule has 0 radical (unpaired) electrons. The van der Waals surface area contributed by atoms with Crippen molar-refractivity contribution < 1.29 is 9.18 Å². The summed E-state index contributed by atoms with van der Waals surface area (Å²) in [5.41, 5.74) is 3.82. The van der Waals surface area contributed by atoms with Crippen LogP contribution in [0, 0.1) is 5.82 Å². The van der Waals surface area contributed by atoms with E-state index in [1.54, 1.807) is 12.1 Å². The predicted molar refractivity (Wildman–Crippen MR) is 102 cm³/mol. The molecule has 4 aromatic rings. The van der Waals surface area contributed by atoms with E-state index in [-0.39, 0.29) is 5.82 Å². The second kappa shape index (κ2) is 6.00. The van der Waals surface area contributed by atoms with Gasteiger partial charge in [0.15, 0.2) is 4.96 Å². The zero-order valence-corrected chi connectivity index (χ0v) is 14.7. The number of aromatic nitrogens is 2. The number of aldehydes is 1. The van der Waals surface area contributed by atoms with E-state index >= 15 is 0 Å². The molecule has 1 N–H and O–H groups in total. The van der Waals surface area contributed by atoms with Crippen LogP contribution < -0.4 is 5.32 Å². The van der Waals surface area contributed by atoms with Gasteiger partial charge in [0.05, 0.1) is 15.9 Å². The molecule has 4 nitrogen and oxygen atoms in total. The lowest BCUT2D eigenvalue weighted by Crippen LogP contribution is -2.08. The van der Waals surface area contributed by atoms with Gasteiger partial charge in [-0.1, -0.05) is 17.4 Å². The monoisotopic (exact) mass is 365 g/mol. The van der Waals surface area contributed by atoms with Crippen LogP contribution in [0.1, 0.15) is 28.3 Å². The molecule has 5 rings (SSSR count). The SMILES string of the molecule is O=Cc1ccc2c(c1)sc1nc(-c3ccc(C4CCNC4)cc3F)cn12. The van der Waals surface area contributed by atoms with E-state index in [9.17, 15) is 9.18 Å². The van der Waals surface area contributed by atoms with Crippen LogP contribution in [-0.2, 0) is 0 Å². The van der Waals surface area contributed by atoms with Gasteiger partial charge in [0.1, 0.15) is 12.1 Å². The van der Waals surface area contributed by atoms with Gasteiger partial charge >= 0.3 is 0 Å². The molecule has 130 valence electrons. The van der Waals surface area contributed by atoms with Crippen molar-refractivity contribution in [1.29, 1.82) is 0 Å². The molecular formula is C20H16FN3OS. The smallest absolute Gasteiger partial charge is 0.195 e. The molecule has 0 saturated carbocycles. The summed E-state index contributed by atoms with van der Waals surface area (Å²) in [6.45, 7) is 1.90. The number of nitrogens with one attached hydrogen (secondary N) is 1. The lowest BCUT2D eigenvalue weighted by molar-refractivity contribution is 0.112. The van der Waals surface area contributed by atoms with Crippen molar-refractivity contribution in [2.24, 2.45) is 0 Å². The van der Waals surface area contributed by atoms with E-state index in [4.69, 9.17) is 0 Å². The normalized spacial score (nSPS) is 17.3. The maximum absolute atomic E-state index is 14.7. The Morgan fingerprint density at radius 3 is 2.96 bits per heavy atom. The number of rotatable bonds is 3. The number of benzene rings is 2. The summed E-state index contributed by atoms with van der Waals surface area (Å²) in [4.78, 5) is 16.3. The molecule has 0 bridgehead atoms. The van der Waals surface area contributed by atoms with E-state index in [0.29, 0.717) is 22.7 Å². The first kappa shape index (κ1) is 15.7. The molecular weight excluding hydrogens is 349 g/mol. The molecule has 3 heterocycles. The standard InChI is InChI=1S/C20H16FN3OS/c21-16-8-13(14-5-6-22-9-14)2-3-15(16)17-10-24-18-4-1-12(11-25)7-19(18)26-20(24)23-17/h1-4,7-8,10-11,14,22H,5-6,9H2. The maximum atomic E-state index is 14.7. The minimum atomic E-state index is -0.229. The largest absolute Gasteiger partial charge is 0.316 e. The molecule has 0 aliphatic carbocycles. The molecule has 1 saturated heterocycles. The number of fused-ring (bicyclic) bond motifs is 3. The fraction of sp³-hybridized carbons (Fsp3) is 0.200. The molecule has 26 heavy (non-hydrogen) atoms. The first-order valence-electron chi connectivity index (χ1n) is 8.60. The molecule has 6 heteroatoms. The Labute approximate surface area is 153 Å². The number of hydrogen-bond acceptors (Lipinski definition) is 4. The average Bonchev–Trinajstić information content (AvgIpc) is 3.37. The Morgan fingerprint density at radius 1 is 1.27 bits per heavy atom. The van der Waals surface area contributed by atoms with Gasteiger partial charge in [-0.05, 0) is 54.8 Å². The van der Waals surface area contributed by atoms with Gasteiger partial charge in [0.2, 0.25) is 0 Å². The van der Waals surface area contributed by atoms with Gasteiger partial charge in [0.25, 0.3) is 0 Å². The van der Waals surface area contributed by atoms with Crippen molar-refractivity contribution >= 4 is 32.8 Å². The molecule has 1 unspecified atom stereocenters. The molecule has 1 aliphatic rings. The second-order valence-electron chi connectivity index (χ2n) is 6.65. The first-order valence-corrected chi connectivity index (χ1v) is 9.42. The van der Waals surface area contributed by atoms with Gasteiger partial charge < -0.3 is 5.32 Å². The highest BCUT2D eigenvalue weighted by Gasteiger charge is 2.19.